The van der Waals surface area contributed by atoms with Gasteiger partial charge in [-0.15, -0.1) is 0 Å². The lowest BCUT2D eigenvalue weighted by Gasteiger charge is -2.05. The van der Waals surface area contributed by atoms with Gasteiger partial charge in [-0.25, -0.2) is 18.7 Å². The normalized spacial score (nSPS) is 10.4. The van der Waals surface area contributed by atoms with Crippen molar-refractivity contribution in [1.29, 1.82) is 0 Å². The molecule has 0 saturated heterocycles. The lowest BCUT2D eigenvalue weighted by Crippen LogP contribution is -2.34. The monoisotopic (exact) mass is 381 g/mol. The minimum Gasteiger partial charge on any atom is -0.460 e. The molecule has 0 saturated carbocycles. The summed E-state index contributed by atoms with van der Waals surface area (Å²) in [6.45, 7) is 13.8. The number of rotatable bonds is 14. The van der Waals surface area contributed by atoms with Crippen molar-refractivity contribution in [3.63, 3.8) is 0 Å². The summed E-state index contributed by atoms with van der Waals surface area (Å²) in [5, 5.41) is 0. The maximum absolute atomic E-state index is 11.2. The molecule has 0 bridgehead atoms. The SMILES string of the molecule is C=C(C)C(=O)OCCOCCn1cc[n+](CCOCCOC(=O)C(=C)C)c1. The average molecular weight is 381 g/mol. The van der Waals surface area contributed by atoms with Crippen LogP contribution in [0.4, 0.5) is 0 Å². The predicted molar refractivity (Wildman–Crippen MR) is 97.8 cm³/mol. The molecule has 0 unspecified atom stereocenters. The van der Waals surface area contributed by atoms with Gasteiger partial charge in [0.25, 0.3) is 0 Å². The number of carbonyl (C=O) groups excluding carboxylic acids is 2. The zero-order valence-corrected chi connectivity index (χ0v) is 16.1. The summed E-state index contributed by atoms with van der Waals surface area (Å²) in [5.74, 6) is -0.803. The molecule has 1 aromatic heterocycles. The van der Waals surface area contributed by atoms with Gasteiger partial charge in [-0.05, 0) is 13.8 Å². The van der Waals surface area contributed by atoms with E-state index in [4.69, 9.17) is 18.9 Å². The van der Waals surface area contributed by atoms with Crippen LogP contribution in [-0.4, -0.2) is 56.1 Å². The predicted octanol–water partition coefficient (Wildman–Crippen LogP) is 1.05. The summed E-state index contributed by atoms with van der Waals surface area (Å²) in [6.07, 6.45) is 5.84. The fraction of sp³-hybridized carbons (Fsp3) is 0.526. The van der Waals surface area contributed by atoms with Gasteiger partial charge in [-0.1, -0.05) is 13.2 Å². The van der Waals surface area contributed by atoms with Crippen LogP contribution >= 0.6 is 0 Å². The third-order valence-electron chi connectivity index (χ3n) is 3.35. The van der Waals surface area contributed by atoms with E-state index in [2.05, 4.69) is 13.2 Å². The molecule has 27 heavy (non-hydrogen) atoms. The number of imidazole rings is 1. The maximum Gasteiger partial charge on any atom is 0.333 e. The molecule has 0 fully saturated rings. The highest BCUT2D eigenvalue weighted by molar-refractivity contribution is 5.87. The molecule has 0 amide bonds. The summed E-state index contributed by atoms with van der Waals surface area (Å²) in [7, 11) is 0. The van der Waals surface area contributed by atoms with E-state index < -0.39 is 11.9 Å². The van der Waals surface area contributed by atoms with E-state index in [1.54, 1.807) is 13.8 Å². The van der Waals surface area contributed by atoms with Gasteiger partial charge in [0.05, 0.1) is 26.4 Å². The number of esters is 2. The van der Waals surface area contributed by atoms with Crippen LogP contribution in [0.5, 0.6) is 0 Å². The Labute approximate surface area is 160 Å². The molecular weight excluding hydrogens is 352 g/mol. The van der Waals surface area contributed by atoms with Crippen LogP contribution < -0.4 is 4.57 Å². The number of nitrogens with zero attached hydrogens (tertiary/aromatic N) is 2. The third-order valence-corrected chi connectivity index (χ3v) is 3.35. The Kier molecular flexibility index (Phi) is 10.7. The van der Waals surface area contributed by atoms with Crippen LogP contribution in [0.25, 0.3) is 0 Å². The Morgan fingerprint density at radius 2 is 1.44 bits per heavy atom. The molecule has 1 heterocycles. The highest BCUT2D eigenvalue weighted by atomic mass is 16.6. The van der Waals surface area contributed by atoms with Crippen LogP contribution in [0.15, 0.2) is 43.0 Å². The minimum absolute atomic E-state index is 0.219. The maximum atomic E-state index is 11.2. The molecule has 0 aliphatic carbocycles. The van der Waals surface area contributed by atoms with Crippen molar-refractivity contribution >= 4 is 11.9 Å². The number of aromatic nitrogens is 2. The molecule has 1 rings (SSSR count). The molecule has 0 radical (unpaired) electrons. The molecule has 0 aliphatic rings. The Morgan fingerprint density at radius 3 is 2.00 bits per heavy atom. The van der Waals surface area contributed by atoms with Crippen LogP contribution in [0.1, 0.15) is 13.8 Å². The molecule has 8 nitrogen and oxygen atoms in total. The summed E-state index contributed by atoms with van der Waals surface area (Å²) < 4.78 is 24.7. The second-order valence-electron chi connectivity index (χ2n) is 5.95. The fourth-order valence-electron chi connectivity index (χ4n) is 1.88. The highest BCUT2D eigenvalue weighted by Gasteiger charge is 2.06. The van der Waals surface area contributed by atoms with Crippen molar-refractivity contribution in [2.75, 3.05) is 39.6 Å². The zero-order chi connectivity index (χ0) is 20.1. The van der Waals surface area contributed by atoms with Crippen LogP contribution in [-0.2, 0) is 41.6 Å². The first-order chi connectivity index (χ1) is 12.9. The largest absolute Gasteiger partial charge is 0.460 e. The number of carbonyl (C=O) groups is 2. The lowest BCUT2D eigenvalue weighted by atomic mass is 10.4. The van der Waals surface area contributed by atoms with Crippen LogP contribution in [0.2, 0.25) is 0 Å². The molecule has 1 aromatic rings. The second-order valence-corrected chi connectivity index (χ2v) is 5.95. The van der Waals surface area contributed by atoms with E-state index in [0.29, 0.717) is 50.7 Å². The van der Waals surface area contributed by atoms with Crippen LogP contribution in [0.3, 0.4) is 0 Å². The Hall–Kier alpha value is -2.45. The Balaban J connectivity index is 2.05. The van der Waals surface area contributed by atoms with E-state index in [9.17, 15) is 9.59 Å². The summed E-state index contributed by atoms with van der Waals surface area (Å²) in [6, 6.07) is 0. The summed E-state index contributed by atoms with van der Waals surface area (Å²) in [4.78, 5) is 22.4. The van der Waals surface area contributed by atoms with E-state index in [0.717, 1.165) is 0 Å². The molecule has 0 aliphatic heterocycles. The topological polar surface area (TPSA) is 79.9 Å². The second kappa shape index (κ2) is 12.8. The molecule has 8 heteroatoms. The van der Waals surface area contributed by atoms with Gasteiger partial charge >= 0.3 is 11.9 Å². The van der Waals surface area contributed by atoms with E-state index in [1.807, 2.05) is 27.9 Å². The molecule has 0 spiro atoms. The molecule has 0 aromatic carbocycles. The van der Waals surface area contributed by atoms with Gasteiger partial charge in [0, 0.05) is 11.1 Å². The van der Waals surface area contributed by atoms with Gasteiger partial charge < -0.3 is 18.9 Å². The number of hydrogen-bond donors (Lipinski definition) is 0. The van der Waals surface area contributed by atoms with Gasteiger partial charge in [-0.2, -0.15) is 0 Å². The third kappa shape index (κ3) is 10.3. The fourth-order valence-corrected chi connectivity index (χ4v) is 1.88. The van der Waals surface area contributed by atoms with Crippen LogP contribution in [0, 0.1) is 0 Å². The first-order valence-corrected chi connectivity index (χ1v) is 8.75. The van der Waals surface area contributed by atoms with Crippen molar-refractivity contribution in [3.05, 3.63) is 43.0 Å². The Bertz CT molecular complexity index is 585. The summed E-state index contributed by atoms with van der Waals surface area (Å²) >= 11 is 0. The zero-order valence-electron chi connectivity index (χ0n) is 16.1. The minimum atomic E-state index is -0.402. The molecule has 0 N–H and O–H groups in total. The van der Waals surface area contributed by atoms with E-state index in [1.165, 1.54) is 0 Å². The highest BCUT2D eigenvalue weighted by Crippen LogP contribution is 1.93. The molecular formula is C19H29N2O6+. The number of hydrogen-bond acceptors (Lipinski definition) is 6. The standard InChI is InChI=1S/C19H29N2O6/c1-16(2)18(22)26-13-11-24-9-7-20-5-6-21(15-20)8-10-25-12-14-27-19(23)17(3)4/h5-6,15H,1,3,7-14H2,2,4H3/q+1. The van der Waals surface area contributed by atoms with Gasteiger partial charge in [0.1, 0.15) is 38.7 Å². The average Bonchev–Trinajstić information content (AvgIpc) is 3.07. The first-order valence-electron chi connectivity index (χ1n) is 8.75. The van der Waals surface area contributed by atoms with Gasteiger partial charge in [0.2, 0.25) is 6.33 Å². The van der Waals surface area contributed by atoms with Gasteiger partial charge in [-0.3, -0.25) is 0 Å². The number of ether oxygens (including phenoxy) is 4. The van der Waals surface area contributed by atoms with Gasteiger partial charge in [0.15, 0.2) is 0 Å². The van der Waals surface area contributed by atoms with Crippen molar-refractivity contribution in [1.82, 2.24) is 4.57 Å². The molecule has 150 valence electrons. The summed E-state index contributed by atoms with van der Waals surface area (Å²) in [5.41, 5.74) is 0.757. The molecule has 0 atom stereocenters. The van der Waals surface area contributed by atoms with Crippen molar-refractivity contribution in [2.24, 2.45) is 0 Å². The lowest BCUT2D eigenvalue weighted by molar-refractivity contribution is -0.698. The quantitative estimate of drug-likeness (QED) is 0.207. The smallest absolute Gasteiger partial charge is 0.333 e. The Morgan fingerprint density at radius 1 is 0.889 bits per heavy atom. The van der Waals surface area contributed by atoms with Crippen molar-refractivity contribution < 1.29 is 33.1 Å². The van der Waals surface area contributed by atoms with E-state index >= 15 is 0 Å². The van der Waals surface area contributed by atoms with Crippen molar-refractivity contribution in [2.45, 2.75) is 26.9 Å². The first kappa shape index (κ1) is 22.6. The van der Waals surface area contributed by atoms with Crippen molar-refractivity contribution in [3.8, 4) is 0 Å². The van der Waals surface area contributed by atoms with E-state index in [-0.39, 0.29) is 13.2 Å².